The Morgan fingerprint density at radius 3 is 2.35 bits per heavy atom. The van der Waals surface area contributed by atoms with E-state index in [4.69, 9.17) is 0 Å². The lowest BCUT2D eigenvalue weighted by Gasteiger charge is -2.30. The highest BCUT2D eigenvalue weighted by Crippen LogP contribution is 2.27. The van der Waals surface area contributed by atoms with Gasteiger partial charge in [0.1, 0.15) is 0 Å². The number of hydrogen-bond acceptors (Lipinski definition) is 4. The van der Waals surface area contributed by atoms with Gasteiger partial charge in [-0.15, -0.1) is 11.3 Å². The van der Waals surface area contributed by atoms with Gasteiger partial charge in [-0.1, -0.05) is 43.3 Å². The first-order chi connectivity index (χ1) is 12.4. The van der Waals surface area contributed by atoms with Crippen molar-refractivity contribution in [1.29, 1.82) is 0 Å². The lowest BCUT2D eigenvalue weighted by atomic mass is 9.87. The van der Waals surface area contributed by atoms with E-state index >= 15 is 0 Å². The molecule has 0 saturated heterocycles. The van der Waals surface area contributed by atoms with Gasteiger partial charge in [0.2, 0.25) is 11.8 Å². The first kappa shape index (κ1) is 19.7. The molecule has 3 N–H and O–H groups in total. The molecular formula is C19H22N2O4S. The topological polar surface area (TPSA) is 95.5 Å². The van der Waals surface area contributed by atoms with Crippen molar-refractivity contribution in [2.75, 3.05) is 0 Å². The van der Waals surface area contributed by atoms with E-state index in [0.29, 0.717) is 5.56 Å². The molecule has 1 aromatic heterocycles. The third kappa shape index (κ3) is 4.49. The van der Waals surface area contributed by atoms with Crippen molar-refractivity contribution in [1.82, 2.24) is 10.6 Å². The highest BCUT2D eigenvalue weighted by atomic mass is 32.1. The van der Waals surface area contributed by atoms with Crippen LogP contribution in [-0.4, -0.2) is 22.9 Å². The summed E-state index contributed by atoms with van der Waals surface area (Å²) in [4.78, 5) is 37.0. The van der Waals surface area contributed by atoms with Gasteiger partial charge in [0.15, 0.2) is 5.54 Å². The molecule has 0 aliphatic heterocycles. The first-order valence-corrected chi connectivity index (χ1v) is 9.17. The number of nitrogens with one attached hydrogen (secondary N) is 2. The van der Waals surface area contributed by atoms with Crippen LogP contribution >= 0.6 is 11.3 Å². The lowest BCUT2D eigenvalue weighted by Crippen LogP contribution is -2.52. The van der Waals surface area contributed by atoms with Gasteiger partial charge in [-0.05, 0) is 23.4 Å². The van der Waals surface area contributed by atoms with Crippen LogP contribution in [0, 0.1) is 0 Å². The Morgan fingerprint density at radius 1 is 1.15 bits per heavy atom. The van der Waals surface area contributed by atoms with Crippen LogP contribution < -0.4 is 10.6 Å². The number of aliphatic carboxylic acids is 1. The van der Waals surface area contributed by atoms with E-state index in [9.17, 15) is 19.5 Å². The summed E-state index contributed by atoms with van der Waals surface area (Å²) >= 11 is 1.43. The molecule has 0 bridgehead atoms. The van der Waals surface area contributed by atoms with Crippen molar-refractivity contribution in [3.63, 3.8) is 0 Å². The van der Waals surface area contributed by atoms with Crippen molar-refractivity contribution in [3.05, 3.63) is 58.3 Å². The Kier molecular flexibility index (Phi) is 6.52. The number of benzene rings is 1. The summed E-state index contributed by atoms with van der Waals surface area (Å²) in [6.45, 7) is 3.10. The zero-order chi connectivity index (χ0) is 19.2. The Bertz CT molecular complexity index is 761. The molecule has 1 heterocycles. The summed E-state index contributed by atoms with van der Waals surface area (Å²) in [5, 5.41) is 17.1. The van der Waals surface area contributed by atoms with Gasteiger partial charge in [-0.3, -0.25) is 9.59 Å². The van der Waals surface area contributed by atoms with E-state index in [1.807, 2.05) is 17.5 Å². The first-order valence-electron chi connectivity index (χ1n) is 8.29. The second-order valence-corrected chi connectivity index (χ2v) is 6.93. The summed E-state index contributed by atoms with van der Waals surface area (Å²) in [7, 11) is 0. The number of hydrogen-bond donors (Lipinski definition) is 3. The molecule has 7 heteroatoms. The molecule has 1 aromatic carbocycles. The summed E-state index contributed by atoms with van der Waals surface area (Å²) in [6, 6.07) is 11.8. The molecule has 0 spiro atoms. The minimum Gasteiger partial charge on any atom is -0.479 e. The fourth-order valence-electron chi connectivity index (χ4n) is 2.85. The van der Waals surface area contributed by atoms with Crippen LogP contribution in [0.5, 0.6) is 0 Å². The molecule has 138 valence electrons. The summed E-state index contributed by atoms with van der Waals surface area (Å²) in [5.41, 5.74) is -0.996. The number of carboxylic acid groups (broad SMARTS) is 1. The van der Waals surface area contributed by atoms with Gasteiger partial charge < -0.3 is 15.7 Å². The molecule has 6 nitrogen and oxygen atoms in total. The fourth-order valence-corrected chi connectivity index (χ4v) is 3.63. The molecule has 0 aliphatic rings. The number of carboxylic acids is 1. The second kappa shape index (κ2) is 8.62. The van der Waals surface area contributed by atoms with Gasteiger partial charge in [-0.25, -0.2) is 4.79 Å². The van der Waals surface area contributed by atoms with E-state index < -0.39 is 23.5 Å². The van der Waals surface area contributed by atoms with E-state index in [1.165, 1.54) is 18.3 Å². The zero-order valence-corrected chi connectivity index (χ0v) is 15.5. The molecule has 0 radical (unpaired) electrons. The lowest BCUT2D eigenvalue weighted by molar-refractivity contribution is -0.148. The molecular weight excluding hydrogens is 352 g/mol. The van der Waals surface area contributed by atoms with Crippen molar-refractivity contribution in [2.24, 2.45) is 0 Å². The zero-order valence-electron chi connectivity index (χ0n) is 14.7. The number of carbonyl (C=O) groups excluding carboxylic acids is 2. The van der Waals surface area contributed by atoms with Crippen molar-refractivity contribution < 1.29 is 19.5 Å². The molecule has 26 heavy (non-hydrogen) atoms. The highest BCUT2D eigenvalue weighted by molar-refractivity contribution is 7.10. The van der Waals surface area contributed by atoms with Crippen LogP contribution in [0.4, 0.5) is 0 Å². The largest absolute Gasteiger partial charge is 0.479 e. The smallest absolute Gasteiger partial charge is 0.334 e. The van der Waals surface area contributed by atoms with Crippen LogP contribution in [0.2, 0.25) is 0 Å². The maximum atomic E-state index is 12.7. The molecule has 2 rings (SSSR count). The predicted molar refractivity (Wildman–Crippen MR) is 99.7 cm³/mol. The minimum atomic E-state index is -1.51. The summed E-state index contributed by atoms with van der Waals surface area (Å²) < 4.78 is 0. The fraction of sp³-hybridized carbons (Fsp3) is 0.316. The Hall–Kier alpha value is -2.67. The molecule has 2 unspecified atom stereocenters. The van der Waals surface area contributed by atoms with Crippen LogP contribution in [0.25, 0.3) is 0 Å². The molecule has 0 fully saturated rings. The van der Waals surface area contributed by atoms with Crippen molar-refractivity contribution in [3.8, 4) is 0 Å². The van der Waals surface area contributed by atoms with E-state index in [0.717, 1.165) is 4.88 Å². The monoisotopic (exact) mass is 374 g/mol. The second-order valence-electron chi connectivity index (χ2n) is 5.95. The van der Waals surface area contributed by atoms with Gasteiger partial charge in [-0.2, -0.15) is 0 Å². The average molecular weight is 374 g/mol. The molecule has 2 atom stereocenters. The van der Waals surface area contributed by atoms with Crippen LogP contribution in [0.15, 0.2) is 47.8 Å². The number of thiophene rings is 1. The molecule has 2 aromatic rings. The minimum absolute atomic E-state index is 0.0397. The standard InChI is InChI=1S/C19H22N2O4S/c1-3-19(18(24)25,14-8-5-4-6-9-14)21-17(23)12-15(20-13(2)22)16-10-7-11-26-16/h4-11,15H,3,12H2,1-2H3,(H,20,22)(H,21,23)(H,24,25). The number of amides is 2. The van der Waals surface area contributed by atoms with E-state index in [2.05, 4.69) is 10.6 Å². The Balaban J connectivity index is 2.23. The van der Waals surface area contributed by atoms with Crippen LogP contribution in [-0.2, 0) is 19.9 Å². The predicted octanol–water partition coefficient (Wildman–Crippen LogP) is 2.82. The summed E-state index contributed by atoms with van der Waals surface area (Å²) in [5.74, 6) is -1.81. The van der Waals surface area contributed by atoms with Gasteiger partial charge in [0.25, 0.3) is 0 Å². The normalized spacial score (nSPS) is 14.1. The maximum absolute atomic E-state index is 12.7. The third-order valence-electron chi connectivity index (χ3n) is 4.17. The summed E-state index contributed by atoms with van der Waals surface area (Å²) in [6.07, 6.45) is 0.157. The highest BCUT2D eigenvalue weighted by Gasteiger charge is 2.40. The molecule has 0 saturated carbocycles. The van der Waals surface area contributed by atoms with Gasteiger partial charge in [0.05, 0.1) is 12.5 Å². The van der Waals surface area contributed by atoms with E-state index in [-0.39, 0.29) is 18.7 Å². The maximum Gasteiger partial charge on any atom is 0.334 e. The number of rotatable bonds is 8. The van der Waals surface area contributed by atoms with E-state index in [1.54, 1.807) is 37.3 Å². The van der Waals surface area contributed by atoms with Crippen LogP contribution in [0.1, 0.15) is 43.2 Å². The molecule has 2 amide bonds. The quantitative estimate of drug-likeness (QED) is 0.662. The Morgan fingerprint density at radius 2 is 1.85 bits per heavy atom. The van der Waals surface area contributed by atoms with Crippen LogP contribution in [0.3, 0.4) is 0 Å². The Labute approximate surface area is 156 Å². The van der Waals surface area contributed by atoms with Gasteiger partial charge >= 0.3 is 5.97 Å². The SMILES string of the molecule is CCC(NC(=O)CC(NC(C)=O)c1cccs1)(C(=O)O)c1ccccc1. The van der Waals surface area contributed by atoms with Crippen molar-refractivity contribution in [2.45, 2.75) is 38.3 Å². The number of carbonyl (C=O) groups is 3. The molecule has 0 aliphatic carbocycles. The van der Waals surface area contributed by atoms with Crippen molar-refractivity contribution >= 4 is 29.1 Å². The van der Waals surface area contributed by atoms with Gasteiger partial charge in [0, 0.05) is 11.8 Å². The third-order valence-corrected chi connectivity index (χ3v) is 5.15. The average Bonchev–Trinajstić information content (AvgIpc) is 3.14.